The molecule has 0 saturated heterocycles. The number of aryl methyl sites for hydroxylation is 1. The zero-order chi connectivity index (χ0) is 12.3. The molecule has 0 saturated carbocycles. The van der Waals surface area contributed by atoms with E-state index in [0.717, 1.165) is 22.7 Å². The van der Waals surface area contributed by atoms with Crippen LogP contribution in [0.25, 0.3) is 10.6 Å². The van der Waals surface area contributed by atoms with Gasteiger partial charge < -0.3 is 4.74 Å². The smallest absolute Gasteiger partial charge is 0.350 e. The van der Waals surface area contributed by atoms with Crippen LogP contribution >= 0.6 is 22.7 Å². The van der Waals surface area contributed by atoms with Crippen molar-refractivity contribution in [2.75, 3.05) is 6.61 Å². The summed E-state index contributed by atoms with van der Waals surface area (Å²) in [6.45, 7) is 4.28. The number of carbonyl (C=O) groups excluding carboxylic acids is 1. The fourth-order valence-corrected chi connectivity index (χ4v) is 3.03. The van der Waals surface area contributed by atoms with Gasteiger partial charge in [0.15, 0.2) is 0 Å². The molecule has 5 heteroatoms. The van der Waals surface area contributed by atoms with Gasteiger partial charge in [-0.15, -0.1) is 11.3 Å². The van der Waals surface area contributed by atoms with Crippen molar-refractivity contribution in [1.29, 1.82) is 0 Å². The Balaban J connectivity index is 2.22. The molecule has 2 heterocycles. The van der Waals surface area contributed by atoms with Crippen molar-refractivity contribution in [1.82, 2.24) is 4.98 Å². The second kappa shape index (κ2) is 5.42. The summed E-state index contributed by atoms with van der Waals surface area (Å²) >= 11 is 3.02. The van der Waals surface area contributed by atoms with Crippen LogP contribution in [0.1, 0.15) is 28.7 Å². The third kappa shape index (κ3) is 2.73. The summed E-state index contributed by atoms with van der Waals surface area (Å²) in [7, 11) is 0. The van der Waals surface area contributed by atoms with Crippen molar-refractivity contribution in [2.45, 2.75) is 20.3 Å². The minimum atomic E-state index is -0.261. The van der Waals surface area contributed by atoms with E-state index < -0.39 is 0 Å². The summed E-state index contributed by atoms with van der Waals surface area (Å²) in [4.78, 5) is 16.8. The van der Waals surface area contributed by atoms with E-state index in [2.05, 4.69) is 4.98 Å². The number of hydrogen-bond donors (Lipinski definition) is 0. The van der Waals surface area contributed by atoms with Crippen molar-refractivity contribution in [3.8, 4) is 10.6 Å². The molecule has 0 unspecified atom stereocenters. The molecule has 0 spiro atoms. The summed E-state index contributed by atoms with van der Waals surface area (Å²) in [5, 5.41) is 4.91. The van der Waals surface area contributed by atoms with Gasteiger partial charge in [-0.1, -0.05) is 6.92 Å². The normalized spacial score (nSPS) is 10.5. The quantitative estimate of drug-likeness (QED) is 0.792. The molecular formula is C12H13NO2S2. The van der Waals surface area contributed by atoms with Crippen molar-refractivity contribution >= 4 is 28.6 Å². The molecule has 0 bridgehead atoms. The molecule has 0 amide bonds. The van der Waals surface area contributed by atoms with E-state index in [-0.39, 0.29) is 5.97 Å². The van der Waals surface area contributed by atoms with E-state index in [1.807, 2.05) is 30.7 Å². The Morgan fingerprint density at radius 1 is 1.53 bits per heavy atom. The summed E-state index contributed by atoms with van der Waals surface area (Å²) in [6, 6.07) is 2.00. The van der Waals surface area contributed by atoms with Crippen molar-refractivity contribution < 1.29 is 9.53 Å². The van der Waals surface area contributed by atoms with Crippen LogP contribution in [0.15, 0.2) is 16.8 Å². The predicted octanol–water partition coefficient (Wildman–Crippen LogP) is 3.75. The van der Waals surface area contributed by atoms with Crippen LogP contribution in [0.4, 0.5) is 0 Å². The van der Waals surface area contributed by atoms with Gasteiger partial charge in [0.05, 0.1) is 12.3 Å². The van der Waals surface area contributed by atoms with E-state index >= 15 is 0 Å². The molecule has 0 aliphatic rings. The topological polar surface area (TPSA) is 39.2 Å². The van der Waals surface area contributed by atoms with Crippen molar-refractivity contribution in [3.05, 3.63) is 27.4 Å². The molecule has 0 radical (unpaired) electrons. The van der Waals surface area contributed by atoms with Crippen molar-refractivity contribution in [2.24, 2.45) is 0 Å². The molecule has 0 atom stereocenters. The molecule has 0 aliphatic carbocycles. The number of nitrogens with zero attached hydrogens (tertiary/aromatic N) is 1. The zero-order valence-electron chi connectivity index (χ0n) is 9.73. The van der Waals surface area contributed by atoms with Gasteiger partial charge in [-0.2, -0.15) is 11.3 Å². The standard InChI is InChI=1S/C12H13NO2S2/c1-3-5-15-12(14)10-8(2)13-11(17-10)9-4-6-16-7-9/h4,6-7H,3,5H2,1-2H3. The number of ether oxygens (including phenoxy) is 1. The fourth-order valence-electron chi connectivity index (χ4n) is 1.36. The summed E-state index contributed by atoms with van der Waals surface area (Å²) in [5.41, 5.74) is 1.81. The summed E-state index contributed by atoms with van der Waals surface area (Å²) in [6.07, 6.45) is 0.834. The first kappa shape index (κ1) is 12.3. The molecular weight excluding hydrogens is 254 g/mol. The lowest BCUT2D eigenvalue weighted by Crippen LogP contribution is -2.05. The van der Waals surface area contributed by atoms with Crippen molar-refractivity contribution in [3.63, 3.8) is 0 Å². The minimum absolute atomic E-state index is 0.261. The molecule has 0 fully saturated rings. The number of thiophene rings is 1. The maximum absolute atomic E-state index is 11.8. The lowest BCUT2D eigenvalue weighted by atomic mass is 10.3. The highest BCUT2D eigenvalue weighted by atomic mass is 32.1. The Morgan fingerprint density at radius 3 is 3.00 bits per heavy atom. The highest BCUT2D eigenvalue weighted by Gasteiger charge is 2.17. The first-order valence-corrected chi connectivity index (χ1v) is 7.15. The average molecular weight is 267 g/mol. The van der Waals surface area contributed by atoms with Crippen LogP contribution in [0, 0.1) is 6.92 Å². The second-order valence-electron chi connectivity index (χ2n) is 3.58. The molecule has 0 aliphatic heterocycles. The van der Waals surface area contributed by atoms with Gasteiger partial charge in [-0.3, -0.25) is 0 Å². The van der Waals surface area contributed by atoms with Gasteiger partial charge in [0.2, 0.25) is 0 Å². The van der Waals surface area contributed by atoms with Gasteiger partial charge in [0.1, 0.15) is 9.88 Å². The Bertz CT molecular complexity index is 503. The lowest BCUT2D eigenvalue weighted by molar-refractivity contribution is 0.0510. The van der Waals surface area contributed by atoms with Crippen LogP contribution < -0.4 is 0 Å². The molecule has 3 nitrogen and oxygen atoms in total. The van der Waals surface area contributed by atoms with Crippen LogP contribution in [-0.2, 0) is 4.74 Å². The fraction of sp³-hybridized carbons (Fsp3) is 0.333. The van der Waals surface area contributed by atoms with Crippen LogP contribution in [0.2, 0.25) is 0 Å². The van der Waals surface area contributed by atoms with Gasteiger partial charge >= 0.3 is 5.97 Å². The number of hydrogen-bond acceptors (Lipinski definition) is 5. The zero-order valence-corrected chi connectivity index (χ0v) is 11.4. The summed E-state index contributed by atoms with van der Waals surface area (Å²) < 4.78 is 5.12. The molecule has 2 aromatic heterocycles. The number of esters is 1. The Hall–Kier alpha value is -1.20. The first-order chi connectivity index (χ1) is 8.22. The van der Waals surface area contributed by atoms with E-state index in [4.69, 9.17) is 4.74 Å². The van der Waals surface area contributed by atoms with Gasteiger partial charge in [-0.05, 0) is 24.8 Å². The van der Waals surface area contributed by atoms with E-state index in [1.54, 1.807) is 11.3 Å². The van der Waals surface area contributed by atoms with Crippen LogP contribution in [0.3, 0.4) is 0 Å². The van der Waals surface area contributed by atoms with Gasteiger partial charge in [-0.25, -0.2) is 9.78 Å². The third-order valence-corrected chi connectivity index (χ3v) is 4.06. The molecule has 0 aromatic carbocycles. The van der Waals surface area contributed by atoms with Gasteiger partial charge in [0.25, 0.3) is 0 Å². The molecule has 17 heavy (non-hydrogen) atoms. The first-order valence-electron chi connectivity index (χ1n) is 5.39. The SMILES string of the molecule is CCCOC(=O)c1sc(-c2ccsc2)nc1C. The van der Waals surface area contributed by atoms with E-state index in [9.17, 15) is 4.79 Å². The predicted molar refractivity (Wildman–Crippen MR) is 70.7 cm³/mol. The largest absolute Gasteiger partial charge is 0.461 e. The Morgan fingerprint density at radius 2 is 2.35 bits per heavy atom. The maximum Gasteiger partial charge on any atom is 0.350 e. The Labute approximate surface area is 108 Å². The molecule has 2 aromatic rings. The second-order valence-corrected chi connectivity index (χ2v) is 5.36. The molecule has 90 valence electrons. The van der Waals surface area contributed by atoms with E-state index in [1.165, 1.54) is 11.3 Å². The minimum Gasteiger partial charge on any atom is -0.461 e. The van der Waals surface area contributed by atoms with Crippen LogP contribution in [-0.4, -0.2) is 17.6 Å². The monoisotopic (exact) mass is 267 g/mol. The third-order valence-electron chi connectivity index (χ3n) is 2.19. The highest BCUT2D eigenvalue weighted by molar-refractivity contribution is 7.17. The van der Waals surface area contributed by atoms with Gasteiger partial charge in [0, 0.05) is 10.9 Å². The lowest BCUT2D eigenvalue weighted by Gasteiger charge is -1.99. The summed E-state index contributed by atoms with van der Waals surface area (Å²) in [5.74, 6) is -0.261. The highest BCUT2D eigenvalue weighted by Crippen LogP contribution is 2.29. The number of thiazole rings is 1. The number of carbonyl (C=O) groups is 1. The van der Waals surface area contributed by atoms with E-state index in [0.29, 0.717) is 11.5 Å². The average Bonchev–Trinajstić information content (AvgIpc) is 2.94. The van der Waals surface area contributed by atoms with Crippen LogP contribution in [0.5, 0.6) is 0 Å². The molecule has 0 N–H and O–H groups in total. The number of aromatic nitrogens is 1. The Kier molecular flexibility index (Phi) is 3.91. The molecule has 2 rings (SSSR count). The maximum atomic E-state index is 11.8. The number of rotatable bonds is 4.